The minimum Gasteiger partial charge on any atom is -0.487 e. The standard InChI is InChI=1S/C27H25F3O6/c1-33-26(32)21-13-24(22(28)14-23(21)36-27(29)30)35-19-11-9-17(10-12-19)25(31)34-15-18-7-4-6-16-5-2-3-8-20(16)18/h2-8,13-14,17,19,27H,9-12,15H2,1H3. The number of hydrogen-bond acceptors (Lipinski definition) is 6. The van der Waals surface area contributed by atoms with Crippen molar-refractivity contribution in [2.24, 2.45) is 5.92 Å². The lowest BCUT2D eigenvalue weighted by atomic mass is 9.87. The number of rotatable bonds is 8. The zero-order chi connectivity index (χ0) is 25.7. The van der Waals surface area contributed by atoms with Crippen LogP contribution in [-0.2, 0) is 20.9 Å². The minimum absolute atomic E-state index is 0.172. The van der Waals surface area contributed by atoms with E-state index >= 15 is 0 Å². The Morgan fingerprint density at radius 1 is 0.972 bits per heavy atom. The zero-order valence-corrected chi connectivity index (χ0v) is 19.5. The summed E-state index contributed by atoms with van der Waals surface area (Å²) < 4.78 is 59.9. The van der Waals surface area contributed by atoms with Crippen molar-refractivity contribution in [2.45, 2.75) is 45.0 Å². The van der Waals surface area contributed by atoms with Crippen molar-refractivity contribution in [2.75, 3.05) is 7.11 Å². The Morgan fingerprint density at radius 2 is 1.69 bits per heavy atom. The van der Waals surface area contributed by atoms with Gasteiger partial charge in [0.1, 0.15) is 17.9 Å². The Kier molecular flexibility index (Phi) is 7.97. The number of benzene rings is 3. The van der Waals surface area contributed by atoms with Crippen molar-refractivity contribution in [3.63, 3.8) is 0 Å². The van der Waals surface area contributed by atoms with Crippen molar-refractivity contribution >= 4 is 22.7 Å². The van der Waals surface area contributed by atoms with E-state index in [0.29, 0.717) is 31.7 Å². The molecule has 1 fully saturated rings. The molecule has 0 saturated heterocycles. The van der Waals surface area contributed by atoms with E-state index in [9.17, 15) is 22.8 Å². The van der Waals surface area contributed by atoms with Crippen LogP contribution in [0.5, 0.6) is 11.5 Å². The highest BCUT2D eigenvalue weighted by molar-refractivity contribution is 5.93. The molecule has 3 aromatic rings. The number of ether oxygens (including phenoxy) is 4. The van der Waals surface area contributed by atoms with Gasteiger partial charge in [0.2, 0.25) is 0 Å². The van der Waals surface area contributed by atoms with Gasteiger partial charge in [0, 0.05) is 12.1 Å². The highest BCUT2D eigenvalue weighted by Crippen LogP contribution is 2.34. The second-order valence-corrected chi connectivity index (χ2v) is 8.49. The van der Waals surface area contributed by atoms with Crippen LogP contribution in [0.1, 0.15) is 41.6 Å². The molecule has 1 saturated carbocycles. The number of hydrogen-bond donors (Lipinski definition) is 0. The number of carbonyl (C=O) groups is 2. The lowest BCUT2D eigenvalue weighted by Gasteiger charge is -2.28. The molecular weight excluding hydrogens is 477 g/mol. The van der Waals surface area contributed by atoms with Crippen LogP contribution in [0.15, 0.2) is 54.6 Å². The Morgan fingerprint density at radius 3 is 2.42 bits per heavy atom. The second-order valence-electron chi connectivity index (χ2n) is 8.49. The third-order valence-corrected chi connectivity index (χ3v) is 6.21. The van der Waals surface area contributed by atoms with E-state index < -0.39 is 30.3 Å². The summed E-state index contributed by atoms with van der Waals surface area (Å²) >= 11 is 0. The molecular formula is C27H25F3O6. The third-order valence-electron chi connectivity index (χ3n) is 6.21. The molecule has 3 aromatic carbocycles. The quantitative estimate of drug-likeness (QED) is 0.350. The summed E-state index contributed by atoms with van der Waals surface area (Å²) in [5, 5.41) is 2.10. The maximum absolute atomic E-state index is 14.5. The summed E-state index contributed by atoms with van der Waals surface area (Å²) in [6.45, 7) is -3.07. The van der Waals surface area contributed by atoms with Gasteiger partial charge in [-0.05, 0) is 42.0 Å². The fraction of sp³-hybridized carbons (Fsp3) is 0.333. The molecule has 0 amide bonds. The van der Waals surface area contributed by atoms with Gasteiger partial charge < -0.3 is 18.9 Å². The van der Waals surface area contributed by atoms with Gasteiger partial charge in [-0.25, -0.2) is 9.18 Å². The van der Waals surface area contributed by atoms with Crippen LogP contribution in [0.2, 0.25) is 0 Å². The van der Waals surface area contributed by atoms with Crippen LogP contribution in [0.25, 0.3) is 10.8 Å². The van der Waals surface area contributed by atoms with E-state index in [4.69, 9.17) is 9.47 Å². The van der Waals surface area contributed by atoms with Crippen LogP contribution in [0.3, 0.4) is 0 Å². The molecule has 0 unspecified atom stereocenters. The lowest BCUT2D eigenvalue weighted by molar-refractivity contribution is -0.151. The van der Waals surface area contributed by atoms with E-state index in [-0.39, 0.29) is 29.8 Å². The van der Waals surface area contributed by atoms with Gasteiger partial charge in [-0.3, -0.25) is 4.79 Å². The Hall–Kier alpha value is -3.75. The van der Waals surface area contributed by atoms with E-state index in [2.05, 4.69) is 9.47 Å². The van der Waals surface area contributed by atoms with Crippen LogP contribution in [0.4, 0.5) is 13.2 Å². The van der Waals surface area contributed by atoms with Crippen molar-refractivity contribution in [1.29, 1.82) is 0 Å². The summed E-state index contributed by atoms with van der Waals surface area (Å²) in [6, 6.07) is 15.4. The van der Waals surface area contributed by atoms with Crippen LogP contribution < -0.4 is 9.47 Å². The van der Waals surface area contributed by atoms with E-state index in [0.717, 1.165) is 29.5 Å². The first-order chi connectivity index (χ1) is 17.4. The molecule has 0 N–H and O–H groups in total. The molecule has 0 spiro atoms. The van der Waals surface area contributed by atoms with Gasteiger partial charge in [0.25, 0.3) is 0 Å². The predicted molar refractivity (Wildman–Crippen MR) is 124 cm³/mol. The van der Waals surface area contributed by atoms with E-state index in [1.165, 1.54) is 0 Å². The molecule has 0 aromatic heterocycles. The van der Waals surface area contributed by atoms with Crippen LogP contribution in [-0.4, -0.2) is 31.8 Å². The first-order valence-electron chi connectivity index (χ1n) is 11.5. The van der Waals surface area contributed by atoms with Gasteiger partial charge >= 0.3 is 18.6 Å². The number of methoxy groups -OCH3 is 1. The predicted octanol–water partition coefficient (Wildman–Crippen LogP) is 6.05. The lowest BCUT2D eigenvalue weighted by Crippen LogP contribution is -2.29. The molecule has 6 nitrogen and oxygen atoms in total. The van der Waals surface area contributed by atoms with Gasteiger partial charge in [0.15, 0.2) is 11.6 Å². The molecule has 9 heteroatoms. The third kappa shape index (κ3) is 5.90. The second kappa shape index (κ2) is 11.3. The highest BCUT2D eigenvalue weighted by atomic mass is 19.3. The fourth-order valence-corrected chi connectivity index (χ4v) is 4.37. The smallest absolute Gasteiger partial charge is 0.387 e. The van der Waals surface area contributed by atoms with Crippen molar-refractivity contribution in [3.8, 4) is 11.5 Å². The summed E-state index contributed by atoms with van der Waals surface area (Å²) in [4.78, 5) is 24.6. The first-order valence-corrected chi connectivity index (χ1v) is 11.5. The molecule has 0 radical (unpaired) electrons. The Balaban J connectivity index is 1.34. The molecule has 0 bridgehead atoms. The Labute approximate surface area is 205 Å². The first kappa shape index (κ1) is 25.3. The molecule has 1 aliphatic rings. The van der Waals surface area contributed by atoms with Crippen LogP contribution >= 0.6 is 0 Å². The van der Waals surface area contributed by atoms with E-state index in [1.54, 1.807) is 0 Å². The van der Waals surface area contributed by atoms with Gasteiger partial charge in [0.05, 0.1) is 19.1 Å². The average molecular weight is 502 g/mol. The molecule has 0 aliphatic heterocycles. The average Bonchev–Trinajstić information content (AvgIpc) is 2.88. The maximum atomic E-state index is 14.5. The summed E-state index contributed by atoms with van der Waals surface area (Å²) in [5.41, 5.74) is 0.550. The monoisotopic (exact) mass is 502 g/mol. The van der Waals surface area contributed by atoms with Gasteiger partial charge in [-0.1, -0.05) is 42.5 Å². The zero-order valence-electron chi connectivity index (χ0n) is 19.5. The van der Waals surface area contributed by atoms with Crippen molar-refractivity contribution in [1.82, 2.24) is 0 Å². The highest BCUT2D eigenvalue weighted by Gasteiger charge is 2.30. The number of esters is 2. The SMILES string of the molecule is COC(=O)c1cc(OC2CCC(C(=O)OCc3cccc4ccccc34)CC2)c(F)cc1OC(F)F. The number of carbonyl (C=O) groups excluding carboxylic acids is 2. The molecule has 190 valence electrons. The van der Waals surface area contributed by atoms with Gasteiger partial charge in [-0.15, -0.1) is 0 Å². The number of halogens is 3. The van der Waals surface area contributed by atoms with Gasteiger partial charge in [-0.2, -0.15) is 8.78 Å². The summed E-state index contributed by atoms with van der Waals surface area (Å²) in [6.07, 6.45) is 1.45. The fourth-order valence-electron chi connectivity index (χ4n) is 4.37. The van der Waals surface area contributed by atoms with E-state index in [1.807, 2.05) is 42.5 Å². The summed E-state index contributed by atoms with van der Waals surface area (Å²) in [7, 11) is 1.07. The number of fused-ring (bicyclic) bond motifs is 1. The number of alkyl halides is 2. The molecule has 36 heavy (non-hydrogen) atoms. The molecule has 0 heterocycles. The normalized spacial score (nSPS) is 17.6. The topological polar surface area (TPSA) is 71.1 Å². The molecule has 4 rings (SSSR count). The largest absolute Gasteiger partial charge is 0.487 e. The Bertz CT molecular complexity index is 1230. The van der Waals surface area contributed by atoms with Crippen LogP contribution in [0, 0.1) is 11.7 Å². The maximum Gasteiger partial charge on any atom is 0.387 e. The molecule has 1 aliphatic carbocycles. The minimum atomic E-state index is -3.24. The van der Waals surface area contributed by atoms with Crippen molar-refractivity contribution in [3.05, 3.63) is 71.5 Å². The molecule has 0 atom stereocenters. The van der Waals surface area contributed by atoms with Crippen molar-refractivity contribution < 1.29 is 41.7 Å². The summed E-state index contributed by atoms with van der Waals surface area (Å²) in [5.74, 6) is -3.44.